The van der Waals surface area contributed by atoms with Crippen molar-refractivity contribution in [3.63, 3.8) is 0 Å². The number of aromatic nitrogens is 1. The molecule has 0 aliphatic rings. The SMILES string of the molecule is CCc1csc([C@H](Cc2ccc(NOS(=O)O)cc2)NC(=O)[C@@H](C(=O)OC(C)(C)C)C(C)C)n1. The van der Waals surface area contributed by atoms with Crippen molar-refractivity contribution < 1.29 is 27.4 Å². The van der Waals surface area contributed by atoms with E-state index in [-0.39, 0.29) is 5.92 Å². The monoisotopic (exact) mass is 511 g/mol. The van der Waals surface area contributed by atoms with E-state index in [0.717, 1.165) is 22.7 Å². The fourth-order valence-electron chi connectivity index (χ4n) is 3.18. The first-order chi connectivity index (χ1) is 15.9. The zero-order valence-electron chi connectivity index (χ0n) is 20.3. The summed E-state index contributed by atoms with van der Waals surface area (Å²) in [5.74, 6) is -2.15. The minimum absolute atomic E-state index is 0.250. The number of thiazole rings is 1. The third-order valence-electron chi connectivity index (χ3n) is 4.78. The smallest absolute Gasteiger partial charge is 0.324 e. The van der Waals surface area contributed by atoms with Crippen molar-refractivity contribution >= 4 is 40.3 Å². The van der Waals surface area contributed by atoms with Crippen LogP contribution < -0.4 is 10.8 Å². The van der Waals surface area contributed by atoms with Crippen LogP contribution in [-0.4, -0.2) is 31.2 Å². The highest BCUT2D eigenvalue weighted by Gasteiger charge is 2.35. The van der Waals surface area contributed by atoms with Crippen molar-refractivity contribution in [1.29, 1.82) is 0 Å². The van der Waals surface area contributed by atoms with Crippen molar-refractivity contribution in [3.8, 4) is 0 Å². The molecule has 3 N–H and O–H groups in total. The van der Waals surface area contributed by atoms with E-state index in [1.54, 1.807) is 32.9 Å². The van der Waals surface area contributed by atoms with Gasteiger partial charge in [0.2, 0.25) is 5.91 Å². The number of amides is 1. The molecule has 0 radical (unpaired) electrons. The van der Waals surface area contributed by atoms with Crippen LogP contribution in [0, 0.1) is 11.8 Å². The quantitative estimate of drug-likeness (QED) is 0.177. The van der Waals surface area contributed by atoms with Crippen molar-refractivity contribution in [2.45, 2.75) is 66.0 Å². The molecule has 0 saturated heterocycles. The van der Waals surface area contributed by atoms with Crippen LogP contribution in [0.4, 0.5) is 5.69 Å². The van der Waals surface area contributed by atoms with Gasteiger partial charge in [0.1, 0.15) is 16.5 Å². The number of hydrogen-bond donors (Lipinski definition) is 3. The lowest BCUT2D eigenvalue weighted by Gasteiger charge is -2.27. The molecule has 188 valence electrons. The van der Waals surface area contributed by atoms with Crippen molar-refractivity contribution in [2.75, 3.05) is 5.48 Å². The number of anilines is 1. The molecule has 1 aromatic heterocycles. The summed E-state index contributed by atoms with van der Waals surface area (Å²) in [5, 5.41) is 5.72. The fourth-order valence-corrected chi connectivity index (χ4v) is 4.30. The Balaban J connectivity index is 2.24. The van der Waals surface area contributed by atoms with E-state index < -0.39 is 40.8 Å². The number of nitrogens with zero attached hydrogens (tertiary/aromatic N) is 1. The Morgan fingerprint density at radius 1 is 1.21 bits per heavy atom. The molecule has 1 amide bonds. The van der Waals surface area contributed by atoms with Crippen LogP contribution in [0.15, 0.2) is 29.6 Å². The van der Waals surface area contributed by atoms with Crippen LogP contribution in [0.25, 0.3) is 0 Å². The molecule has 0 aliphatic heterocycles. The van der Waals surface area contributed by atoms with Gasteiger partial charge in [0, 0.05) is 5.38 Å². The molecule has 3 atom stereocenters. The third kappa shape index (κ3) is 8.79. The van der Waals surface area contributed by atoms with Gasteiger partial charge in [-0.05, 0) is 57.2 Å². The topological polar surface area (TPSA) is 127 Å². The van der Waals surface area contributed by atoms with Crippen molar-refractivity contribution in [1.82, 2.24) is 10.3 Å². The highest BCUT2D eigenvalue weighted by atomic mass is 32.2. The van der Waals surface area contributed by atoms with Crippen LogP contribution >= 0.6 is 11.3 Å². The lowest BCUT2D eigenvalue weighted by atomic mass is 9.94. The average Bonchev–Trinajstić information content (AvgIpc) is 3.20. The highest BCUT2D eigenvalue weighted by molar-refractivity contribution is 7.74. The Labute approximate surface area is 207 Å². The van der Waals surface area contributed by atoms with Crippen LogP contribution in [0.1, 0.15) is 63.8 Å². The van der Waals surface area contributed by atoms with Gasteiger partial charge in [0.05, 0.1) is 17.4 Å². The summed E-state index contributed by atoms with van der Waals surface area (Å²) in [6, 6.07) is 6.57. The predicted molar refractivity (Wildman–Crippen MR) is 132 cm³/mol. The van der Waals surface area contributed by atoms with Gasteiger partial charge in [0.25, 0.3) is 0 Å². The number of hydrogen-bond acceptors (Lipinski definition) is 8. The van der Waals surface area contributed by atoms with Crippen molar-refractivity contribution in [3.05, 3.63) is 45.9 Å². The molecule has 9 nitrogen and oxygen atoms in total. The van der Waals surface area contributed by atoms with Gasteiger partial charge in [0.15, 0.2) is 0 Å². The predicted octanol–water partition coefficient (Wildman–Crippen LogP) is 4.20. The molecule has 34 heavy (non-hydrogen) atoms. The second kappa shape index (κ2) is 12.4. The maximum absolute atomic E-state index is 13.3. The number of carbonyl (C=O) groups excluding carboxylic acids is 2. The maximum atomic E-state index is 13.3. The van der Waals surface area contributed by atoms with E-state index in [0.29, 0.717) is 12.1 Å². The number of benzene rings is 1. The van der Waals surface area contributed by atoms with Crippen LogP contribution in [0.3, 0.4) is 0 Å². The standard InChI is InChI=1S/C23H33N3O6S2/c1-7-16-13-33-21(24-16)18(12-15-8-10-17(11-9-15)26-32-34(29)30)25-20(27)19(14(2)3)22(28)31-23(4,5)6/h8-11,13-14,18-19,26H,7,12H2,1-6H3,(H,25,27)(H,29,30)/t18-,19-/m0/s1. The van der Waals surface area contributed by atoms with Gasteiger partial charge in [-0.2, -0.15) is 4.21 Å². The number of ether oxygens (including phenoxy) is 1. The van der Waals surface area contributed by atoms with E-state index in [2.05, 4.69) is 20.1 Å². The van der Waals surface area contributed by atoms with E-state index in [1.807, 2.05) is 38.3 Å². The Morgan fingerprint density at radius 2 is 1.85 bits per heavy atom. The van der Waals surface area contributed by atoms with E-state index >= 15 is 0 Å². The van der Waals surface area contributed by atoms with E-state index in [4.69, 9.17) is 9.29 Å². The minimum Gasteiger partial charge on any atom is -0.459 e. The molecule has 0 aliphatic carbocycles. The Hall–Kier alpha value is -2.34. The van der Waals surface area contributed by atoms with Crippen LogP contribution in [0.5, 0.6) is 0 Å². The average molecular weight is 512 g/mol. The summed E-state index contributed by atoms with van der Waals surface area (Å²) < 4.78 is 29.3. The van der Waals surface area contributed by atoms with Gasteiger partial charge in [-0.3, -0.25) is 14.1 Å². The minimum atomic E-state index is -2.43. The first-order valence-electron chi connectivity index (χ1n) is 11.0. The molecule has 0 saturated carbocycles. The molecular formula is C23H33N3O6S2. The molecule has 0 fully saturated rings. The van der Waals surface area contributed by atoms with Crippen LogP contribution in [0.2, 0.25) is 0 Å². The van der Waals surface area contributed by atoms with Gasteiger partial charge in [-0.15, -0.1) is 15.6 Å². The molecule has 0 bridgehead atoms. The van der Waals surface area contributed by atoms with Gasteiger partial charge in [-0.1, -0.05) is 32.9 Å². The van der Waals surface area contributed by atoms with Crippen LogP contribution in [-0.2, 0) is 42.8 Å². The second-order valence-electron chi connectivity index (χ2n) is 9.15. The Kier molecular flexibility index (Phi) is 10.2. The maximum Gasteiger partial charge on any atom is 0.324 e. The van der Waals surface area contributed by atoms with Gasteiger partial charge in [-0.25, -0.2) is 10.5 Å². The van der Waals surface area contributed by atoms with Gasteiger partial charge < -0.3 is 10.1 Å². The Bertz CT molecular complexity index is 985. The molecular weight excluding hydrogens is 478 g/mol. The summed E-state index contributed by atoms with van der Waals surface area (Å²) >= 11 is -0.973. The number of rotatable bonds is 11. The Morgan fingerprint density at radius 3 is 2.35 bits per heavy atom. The first-order valence-corrected chi connectivity index (χ1v) is 12.9. The zero-order chi connectivity index (χ0) is 25.5. The number of carbonyl (C=O) groups is 2. The zero-order valence-corrected chi connectivity index (χ0v) is 21.9. The van der Waals surface area contributed by atoms with Gasteiger partial charge >= 0.3 is 17.3 Å². The molecule has 0 spiro atoms. The normalized spacial score (nSPS) is 14.4. The molecule has 2 rings (SSSR count). The lowest BCUT2D eigenvalue weighted by molar-refractivity contribution is -0.164. The van der Waals surface area contributed by atoms with Crippen molar-refractivity contribution in [2.24, 2.45) is 11.8 Å². The molecule has 1 aromatic carbocycles. The summed E-state index contributed by atoms with van der Waals surface area (Å²) in [7, 11) is 0. The van der Waals surface area contributed by atoms with E-state index in [9.17, 15) is 13.8 Å². The highest BCUT2D eigenvalue weighted by Crippen LogP contribution is 2.26. The lowest BCUT2D eigenvalue weighted by Crippen LogP contribution is -2.43. The summed E-state index contributed by atoms with van der Waals surface area (Å²) in [5.41, 5.74) is 4.01. The first kappa shape index (κ1) is 27.9. The third-order valence-corrected chi connectivity index (χ3v) is 6.01. The largest absolute Gasteiger partial charge is 0.459 e. The molecule has 1 unspecified atom stereocenters. The molecule has 1 heterocycles. The van der Waals surface area contributed by atoms with E-state index in [1.165, 1.54) is 11.3 Å². The fraction of sp³-hybridized carbons (Fsp3) is 0.522. The summed E-state index contributed by atoms with van der Waals surface area (Å²) in [6.07, 6.45) is 1.21. The summed E-state index contributed by atoms with van der Waals surface area (Å²) in [4.78, 5) is 30.7. The molecule has 11 heteroatoms. The summed E-state index contributed by atoms with van der Waals surface area (Å²) in [6.45, 7) is 11.0. The number of esters is 1. The number of aryl methyl sites for hydroxylation is 1. The second-order valence-corrected chi connectivity index (χ2v) is 10.6. The number of nitrogens with one attached hydrogen (secondary N) is 2. The molecule has 2 aromatic rings.